The van der Waals surface area contributed by atoms with Gasteiger partial charge in [0.05, 0.1) is 6.61 Å². The summed E-state index contributed by atoms with van der Waals surface area (Å²) >= 11 is 0. The fourth-order valence-electron chi connectivity index (χ4n) is 2.94. The molecule has 0 bridgehead atoms. The number of primary amides is 1. The predicted octanol–water partition coefficient (Wildman–Crippen LogP) is 0.796. The standard InChI is InChI=1S/C17H18N2O4/c18-17(22)14-10-19(15-3-1-2-13(15)16(14)21)11-4-6-12(7-5-11)23-9-8-20/h4-7,10,20H,1-3,8-9H2,(H2,18,22). The Hall–Kier alpha value is -2.60. The van der Waals surface area contributed by atoms with Gasteiger partial charge in [0.15, 0.2) is 5.43 Å². The lowest BCUT2D eigenvalue weighted by Crippen LogP contribution is -2.26. The number of benzene rings is 1. The van der Waals surface area contributed by atoms with Gasteiger partial charge in [-0.05, 0) is 43.5 Å². The maximum Gasteiger partial charge on any atom is 0.254 e. The average Bonchev–Trinajstić information content (AvgIpc) is 3.04. The van der Waals surface area contributed by atoms with Crippen molar-refractivity contribution in [3.05, 3.63) is 57.5 Å². The van der Waals surface area contributed by atoms with Crippen LogP contribution in [0.4, 0.5) is 0 Å². The van der Waals surface area contributed by atoms with E-state index in [0.717, 1.165) is 24.2 Å². The SMILES string of the molecule is NC(=O)c1cn(-c2ccc(OCCO)cc2)c2c(c1=O)CCC2. The Morgan fingerprint density at radius 1 is 1.26 bits per heavy atom. The van der Waals surface area contributed by atoms with Crippen molar-refractivity contribution in [1.29, 1.82) is 0 Å². The average molecular weight is 314 g/mol. The van der Waals surface area contributed by atoms with Gasteiger partial charge in [-0.15, -0.1) is 0 Å². The first kappa shape index (κ1) is 15.3. The lowest BCUT2D eigenvalue weighted by molar-refractivity contribution is 0.0998. The fourth-order valence-corrected chi connectivity index (χ4v) is 2.94. The molecule has 1 amide bonds. The van der Waals surface area contributed by atoms with Crippen molar-refractivity contribution in [3.8, 4) is 11.4 Å². The second-order valence-electron chi connectivity index (χ2n) is 5.45. The van der Waals surface area contributed by atoms with Crippen LogP contribution in [0, 0.1) is 0 Å². The number of aliphatic hydroxyl groups is 1. The monoisotopic (exact) mass is 314 g/mol. The largest absolute Gasteiger partial charge is 0.491 e. The number of aromatic nitrogens is 1. The molecule has 0 saturated heterocycles. The molecule has 2 aromatic rings. The second-order valence-corrected chi connectivity index (χ2v) is 5.45. The van der Waals surface area contributed by atoms with Crippen LogP contribution in [0.3, 0.4) is 0 Å². The highest BCUT2D eigenvalue weighted by molar-refractivity contribution is 5.92. The minimum atomic E-state index is -0.707. The molecule has 3 N–H and O–H groups in total. The third-order valence-corrected chi connectivity index (χ3v) is 4.00. The molecule has 0 saturated carbocycles. The maximum absolute atomic E-state index is 12.3. The number of amides is 1. The number of pyridine rings is 1. The molecule has 0 atom stereocenters. The van der Waals surface area contributed by atoms with E-state index in [1.54, 1.807) is 12.1 Å². The van der Waals surface area contributed by atoms with E-state index in [9.17, 15) is 9.59 Å². The first-order valence-corrected chi connectivity index (χ1v) is 7.53. The molecule has 1 heterocycles. The van der Waals surface area contributed by atoms with Gasteiger partial charge in [0.2, 0.25) is 0 Å². The topological polar surface area (TPSA) is 94.6 Å². The zero-order valence-electron chi connectivity index (χ0n) is 12.6. The highest BCUT2D eigenvalue weighted by Crippen LogP contribution is 2.24. The Morgan fingerprint density at radius 2 is 2.00 bits per heavy atom. The number of hydrogen-bond donors (Lipinski definition) is 2. The number of carbonyl (C=O) groups is 1. The van der Waals surface area contributed by atoms with Crippen LogP contribution >= 0.6 is 0 Å². The van der Waals surface area contributed by atoms with E-state index >= 15 is 0 Å². The lowest BCUT2D eigenvalue weighted by Gasteiger charge is -2.15. The van der Waals surface area contributed by atoms with Crippen LogP contribution in [-0.2, 0) is 12.8 Å². The number of carbonyl (C=O) groups excluding carboxylic acids is 1. The number of rotatable bonds is 5. The van der Waals surface area contributed by atoms with E-state index in [-0.39, 0.29) is 24.2 Å². The van der Waals surface area contributed by atoms with Gasteiger partial charge in [0.25, 0.3) is 5.91 Å². The molecule has 0 fully saturated rings. The van der Waals surface area contributed by atoms with Crippen molar-refractivity contribution in [1.82, 2.24) is 4.57 Å². The number of fused-ring (bicyclic) bond motifs is 1. The van der Waals surface area contributed by atoms with E-state index in [1.807, 2.05) is 16.7 Å². The normalized spacial score (nSPS) is 12.9. The molecule has 23 heavy (non-hydrogen) atoms. The van der Waals surface area contributed by atoms with Crippen LogP contribution in [0.5, 0.6) is 5.75 Å². The fraction of sp³-hybridized carbons (Fsp3) is 0.294. The molecule has 0 spiro atoms. The molecule has 120 valence electrons. The summed E-state index contributed by atoms with van der Waals surface area (Å²) in [7, 11) is 0. The molecule has 0 radical (unpaired) electrons. The summed E-state index contributed by atoms with van der Waals surface area (Å²) in [4.78, 5) is 23.8. The number of nitrogens with zero attached hydrogens (tertiary/aromatic N) is 1. The van der Waals surface area contributed by atoms with Crippen LogP contribution in [0.1, 0.15) is 28.0 Å². The Morgan fingerprint density at radius 3 is 2.65 bits per heavy atom. The molecule has 1 aliphatic rings. The molecule has 3 rings (SSSR count). The summed E-state index contributed by atoms with van der Waals surface area (Å²) in [5.41, 5.74) is 7.56. The van der Waals surface area contributed by atoms with Crippen LogP contribution in [0.25, 0.3) is 5.69 Å². The predicted molar refractivity (Wildman–Crippen MR) is 85.2 cm³/mol. The summed E-state index contributed by atoms with van der Waals surface area (Å²) < 4.78 is 7.20. The second kappa shape index (κ2) is 6.26. The van der Waals surface area contributed by atoms with Gasteiger partial charge in [-0.25, -0.2) is 0 Å². The van der Waals surface area contributed by atoms with E-state index < -0.39 is 5.91 Å². The molecule has 1 aliphatic carbocycles. The van der Waals surface area contributed by atoms with E-state index in [1.165, 1.54) is 6.20 Å². The van der Waals surface area contributed by atoms with Crippen LogP contribution < -0.4 is 15.9 Å². The zero-order valence-corrected chi connectivity index (χ0v) is 12.6. The van der Waals surface area contributed by atoms with Gasteiger partial charge in [0, 0.05) is 23.1 Å². The summed E-state index contributed by atoms with van der Waals surface area (Å²) in [6.45, 7) is 0.190. The quantitative estimate of drug-likeness (QED) is 0.853. The van der Waals surface area contributed by atoms with Crippen LogP contribution in [0.2, 0.25) is 0 Å². The molecular weight excluding hydrogens is 296 g/mol. The summed E-state index contributed by atoms with van der Waals surface area (Å²) in [5.74, 6) is -0.0584. The van der Waals surface area contributed by atoms with E-state index in [4.69, 9.17) is 15.6 Å². The van der Waals surface area contributed by atoms with Gasteiger partial charge in [-0.2, -0.15) is 0 Å². The minimum absolute atomic E-state index is 0.0197. The van der Waals surface area contributed by atoms with Crippen molar-refractivity contribution >= 4 is 5.91 Å². The molecule has 6 heteroatoms. The van der Waals surface area contributed by atoms with Crippen molar-refractivity contribution in [2.24, 2.45) is 5.73 Å². The van der Waals surface area contributed by atoms with Gasteiger partial charge >= 0.3 is 0 Å². The van der Waals surface area contributed by atoms with Gasteiger partial charge in [-0.1, -0.05) is 0 Å². The summed E-state index contributed by atoms with van der Waals surface area (Å²) in [5, 5.41) is 8.77. The Bertz CT molecular complexity index is 793. The van der Waals surface area contributed by atoms with Crippen LogP contribution in [0.15, 0.2) is 35.3 Å². The molecule has 0 aliphatic heterocycles. The number of ether oxygens (including phenoxy) is 1. The van der Waals surface area contributed by atoms with Crippen molar-refractivity contribution < 1.29 is 14.6 Å². The van der Waals surface area contributed by atoms with Gasteiger partial charge in [-0.3, -0.25) is 9.59 Å². The first-order valence-electron chi connectivity index (χ1n) is 7.53. The third-order valence-electron chi connectivity index (χ3n) is 4.00. The highest BCUT2D eigenvalue weighted by Gasteiger charge is 2.22. The molecular formula is C17H18N2O4. The molecule has 6 nitrogen and oxygen atoms in total. The van der Waals surface area contributed by atoms with Crippen molar-refractivity contribution in [2.75, 3.05) is 13.2 Å². The summed E-state index contributed by atoms with van der Waals surface area (Å²) in [6.07, 6.45) is 3.89. The van der Waals surface area contributed by atoms with E-state index in [2.05, 4.69) is 0 Å². The Balaban J connectivity index is 2.06. The zero-order chi connectivity index (χ0) is 16.4. The lowest BCUT2D eigenvalue weighted by atomic mass is 10.1. The molecule has 1 aromatic heterocycles. The van der Waals surface area contributed by atoms with Crippen LogP contribution in [-0.4, -0.2) is 28.8 Å². The number of nitrogens with two attached hydrogens (primary N) is 1. The minimum Gasteiger partial charge on any atom is -0.491 e. The van der Waals surface area contributed by atoms with Gasteiger partial charge in [0.1, 0.15) is 17.9 Å². The first-order chi connectivity index (χ1) is 11.1. The highest BCUT2D eigenvalue weighted by atomic mass is 16.5. The number of hydrogen-bond acceptors (Lipinski definition) is 4. The van der Waals surface area contributed by atoms with Crippen molar-refractivity contribution in [2.45, 2.75) is 19.3 Å². The number of aliphatic hydroxyl groups excluding tert-OH is 1. The summed E-state index contributed by atoms with van der Waals surface area (Å²) in [6, 6.07) is 7.27. The maximum atomic E-state index is 12.3. The third kappa shape index (κ3) is 2.85. The Labute approximate surface area is 133 Å². The van der Waals surface area contributed by atoms with Crippen molar-refractivity contribution in [3.63, 3.8) is 0 Å². The smallest absolute Gasteiger partial charge is 0.254 e. The Kier molecular flexibility index (Phi) is 4.16. The molecule has 0 unspecified atom stereocenters. The molecule has 1 aromatic carbocycles. The van der Waals surface area contributed by atoms with Gasteiger partial charge < -0.3 is 20.1 Å². The van der Waals surface area contributed by atoms with E-state index in [0.29, 0.717) is 17.7 Å².